The van der Waals surface area contributed by atoms with Crippen LogP contribution < -0.4 is 0 Å². The first-order valence-electron chi connectivity index (χ1n) is 4.47. The van der Waals surface area contributed by atoms with Crippen LogP contribution in [0, 0.1) is 5.41 Å². The molecule has 15 heavy (non-hydrogen) atoms. The van der Waals surface area contributed by atoms with E-state index in [1.807, 2.05) is 0 Å². The molecular weight excluding hydrogens is 196 g/mol. The van der Waals surface area contributed by atoms with Crippen LogP contribution in [0.15, 0.2) is 24.8 Å². The number of methoxy groups -OCH3 is 2. The SMILES string of the molecule is C=C/C=C\CC(C)(C(=O)OC)C(=O)OC. The molecule has 0 aromatic rings. The Labute approximate surface area is 89.6 Å². The summed E-state index contributed by atoms with van der Waals surface area (Å²) in [6, 6.07) is 0. The van der Waals surface area contributed by atoms with Crippen LogP contribution in [0.25, 0.3) is 0 Å². The van der Waals surface area contributed by atoms with E-state index in [4.69, 9.17) is 0 Å². The normalized spacial score (nSPS) is 11.1. The highest BCUT2D eigenvalue weighted by atomic mass is 16.5. The maximum atomic E-state index is 11.4. The molecule has 0 saturated heterocycles. The standard InChI is InChI=1S/C11H16O4/c1-5-6-7-8-11(2,9(12)14-3)10(13)15-4/h5-7H,1,8H2,2-4H3/b7-6-. The van der Waals surface area contributed by atoms with Crippen LogP contribution in [0.3, 0.4) is 0 Å². The molecule has 0 unspecified atom stereocenters. The zero-order chi connectivity index (χ0) is 11.9. The Morgan fingerprint density at radius 2 is 1.73 bits per heavy atom. The minimum atomic E-state index is -1.29. The first kappa shape index (κ1) is 13.4. The minimum absolute atomic E-state index is 0.221. The van der Waals surface area contributed by atoms with Crippen molar-refractivity contribution in [2.24, 2.45) is 5.41 Å². The van der Waals surface area contributed by atoms with Gasteiger partial charge in [0, 0.05) is 0 Å². The van der Waals surface area contributed by atoms with Crippen molar-refractivity contribution >= 4 is 11.9 Å². The number of esters is 2. The molecular formula is C11H16O4. The summed E-state index contributed by atoms with van der Waals surface area (Å²) >= 11 is 0. The number of rotatable bonds is 5. The maximum Gasteiger partial charge on any atom is 0.323 e. The van der Waals surface area contributed by atoms with Crippen molar-refractivity contribution < 1.29 is 19.1 Å². The molecule has 4 nitrogen and oxygen atoms in total. The predicted octanol–water partition coefficient (Wildman–Crippen LogP) is 1.47. The molecule has 0 aromatic carbocycles. The highest BCUT2D eigenvalue weighted by Gasteiger charge is 2.42. The molecule has 0 spiro atoms. The van der Waals surface area contributed by atoms with Crippen LogP contribution in [0.1, 0.15) is 13.3 Å². The van der Waals surface area contributed by atoms with Gasteiger partial charge in [-0.05, 0) is 13.3 Å². The van der Waals surface area contributed by atoms with Gasteiger partial charge in [-0.15, -0.1) is 0 Å². The first-order chi connectivity index (χ1) is 7.02. The van der Waals surface area contributed by atoms with Crippen LogP contribution in [-0.2, 0) is 19.1 Å². The lowest BCUT2D eigenvalue weighted by atomic mass is 9.86. The molecule has 84 valence electrons. The van der Waals surface area contributed by atoms with Gasteiger partial charge in [-0.2, -0.15) is 0 Å². The molecule has 0 heterocycles. The van der Waals surface area contributed by atoms with E-state index in [2.05, 4.69) is 16.1 Å². The van der Waals surface area contributed by atoms with Crippen molar-refractivity contribution in [1.29, 1.82) is 0 Å². The number of hydrogen-bond acceptors (Lipinski definition) is 4. The van der Waals surface area contributed by atoms with Crippen LogP contribution >= 0.6 is 0 Å². The summed E-state index contributed by atoms with van der Waals surface area (Å²) in [6.07, 6.45) is 5.11. The summed E-state index contributed by atoms with van der Waals surface area (Å²) in [5.41, 5.74) is -1.29. The van der Waals surface area contributed by atoms with Crippen molar-refractivity contribution in [2.75, 3.05) is 14.2 Å². The van der Waals surface area contributed by atoms with E-state index in [1.54, 1.807) is 18.2 Å². The molecule has 0 rings (SSSR count). The number of carbonyl (C=O) groups excluding carboxylic acids is 2. The van der Waals surface area contributed by atoms with Crippen molar-refractivity contribution in [3.63, 3.8) is 0 Å². The zero-order valence-electron chi connectivity index (χ0n) is 9.28. The highest BCUT2D eigenvalue weighted by Crippen LogP contribution is 2.25. The van der Waals surface area contributed by atoms with Gasteiger partial charge in [-0.3, -0.25) is 9.59 Å². The molecule has 0 aliphatic carbocycles. The van der Waals surface area contributed by atoms with Gasteiger partial charge in [0.15, 0.2) is 5.41 Å². The third-order valence-corrected chi connectivity index (χ3v) is 2.07. The number of hydrogen-bond donors (Lipinski definition) is 0. The lowest BCUT2D eigenvalue weighted by molar-refractivity contribution is -0.167. The van der Waals surface area contributed by atoms with Gasteiger partial charge in [0.05, 0.1) is 14.2 Å². The average Bonchev–Trinajstić information content (AvgIpc) is 2.26. The van der Waals surface area contributed by atoms with Gasteiger partial charge in [0.25, 0.3) is 0 Å². The Kier molecular flexibility index (Phi) is 5.37. The van der Waals surface area contributed by atoms with Crippen LogP contribution in [-0.4, -0.2) is 26.2 Å². The van der Waals surface area contributed by atoms with Crippen LogP contribution in [0.5, 0.6) is 0 Å². The van der Waals surface area contributed by atoms with Crippen molar-refractivity contribution in [3.05, 3.63) is 24.8 Å². The van der Waals surface area contributed by atoms with Gasteiger partial charge < -0.3 is 9.47 Å². The lowest BCUT2D eigenvalue weighted by Gasteiger charge is -2.21. The number of carbonyl (C=O) groups is 2. The van der Waals surface area contributed by atoms with Crippen molar-refractivity contribution in [1.82, 2.24) is 0 Å². The summed E-state index contributed by atoms with van der Waals surface area (Å²) in [4.78, 5) is 22.9. The lowest BCUT2D eigenvalue weighted by Crippen LogP contribution is -2.38. The fraction of sp³-hybridized carbons (Fsp3) is 0.455. The molecule has 0 aliphatic rings. The minimum Gasteiger partial charge on any atom is -0.468 e. The van der Waals surface area contributed by atoms with E-state index in [0.717, 1.165) is 0 Å². The first-order valence-corrected chi connectivity index (χ1v) is 4.47. The quantitative estimate of drug-likeness (QED) is 0.393. The fourth-order valence-corrected chi connectivity index (χ4v) is 1.10. The van der Waals surface area contributed by atoms with Crippen LogP contribution in [0.2, 0.25) is 0 Å². The van der Waals surface area contributed by atoms with E-state index < -0.39 is 17.4 Å². The van der Waals surface area contributed by atoms with E-state index in [-0.39, 0.29) is 6.42 Å². The second-order valence-electron chi connectivity index (χ2n) is 3.18. The Balaban J connectivity index is 4.85. The summed E-state index contributed by atoms with van der Waals surface area (Å²) in [7, 11) is 2.47. The largest absolute Gasteiger partial charge is 0.468 e. The van der Waals surface area contributed by atoms with Gasteiger partial charge >= 0.3 is 11.9 Å². The number of allylic oxidation sites excluding steroid dienone is 3. The van der Waals surface area contributed by atoms with E-state index in [0.29, 0.717) is 0 Å². The predicted molar refractivity (Wildman–Crippen MR) is 56.1 cm³/mol. The van der Waals surface area contributed by atoms with Gasteiger partial charge in [-0.25, -0.2) is 0 Å². The molecule has 0 aromatic heterocycles. The molecule has 0 radical (unpaired) electrons. The van der Waals surface area contributed by atoms with Gasteiger partial charge in [-0.1, -0.05) is 24.8 Å². The van der Waals surface area contributed by atoms with E-state index >= 15 is 0 Å². The topological polar surface area (TPSA) is 52.6 Å². The molecule has 0 bridgehead atoms. The van der Waals surface area contributed by atoms with Gasteiger partial charge in [0.2, 0.25) is 0 Å². The van der Waals surface area contributed by atoms with E-state index in [1.165, 1.54) is 21.1 Å². The summed E-state index contributed by atoms with van der Waals surface area (Å²) in [5, 5.41) is 0. The van der Waals surface area contributed by atoms with Crippen molar-refractivity contribution in [3.8, 4) is 0 Å². The zero-order valence-corrected chi connectivity index (χ0v) is 9.28. The third-order valence-electron chi connectivity index (χ3n) is 2.07. The molecule has 0 aliphatic heterocycles. The molecule has 4 heteroatoms. The Hall–Kier alpha value is -1.58. The maximum absolute atomic E-state index is 11.4. The smallest absolute Gasteiger partial charge is 0.323 e. The average molecular weight is 212 g/mol. The molecule has 0 fully saturated rings. The Bertz CT molecular complexity index is 262. The molecule has 0 saturated carbocycles. The second-order valence-corrected chi connectivity index (χ2v) is 3.18. The number of ether oxygens (including phenoxy) is 2. The van der Waals surface area contributed by atoms with Crippen LogP contribution in [0.4, 0.5) is 0 Å². The highest BCUT2D eigenvalue weighted by molar-refractivity contribution is 5.99. The van der Waals surface area contributed by atoms with Gasteiger partial charge in [0.1, 0.15) is 0 Å². The Morgan fingerprint density at radius 1 is 1.27 bits per heavy atom. The summed E-state index contributed by atoms with van der Waals surface area (Å²) < 4.78 is 9.14. The summed E-state index contributed by atoms with van der Waals surface area (Å²) in [6.45, 7) is 4.98. The second kappa shape index (κ2) is 6.01. The monoisotopic (exact) mass is 212 g/mol. The fourth-order valence-electron chi connectivity index (χ4n) is 1.10. The van der Waals surface area contributed by atoms with Crippen molar-refractivity contribution in [2.45, 2.75) is 13.3 Å². The Morgan fingerprint density at radius 3 is 2.07 bits per heavy atom. The molecule has 0 atom stereocenters. The van der Waals surface area contributed by atoms with E-state index in [9.17, 15) is 9.59 Å². The molecule has 0 amide bonds. The molecule has 0 N–H and O–H groups in total. The third kappa shape index (κ3) is 3.23. The summed E-state index contributed by atoms with van der Waals surface area (Å²) in [5.74, 6) is -1.22.